The number of likely N-dealkylation sites (N-methyl/N-ethyl adjacent to an activating group) is 1. The van der Waals surface area contributed by atoms with Gasteiger partial charge >= 0.3 is 0 Å². The Morgan fingerprint density at radius 1 is 1.23 bits per heavy atom. The first-order chi connectivity index (χ1) is 14.3. The largest absolute Gasteiger partial charge is 0.337 e. The maximum Gasteiger partial charge on any atom is 0.254 e. The van der Waals surface area contributed by atoms with Crippen LogP contribution in [0, 0.1) is 12.8 Å². The Kier molecular flexibility index (Phi) is 7.26. The number of thiophene rings is 1. The molecular weight excluding hydrogens is 394 g/mol. The van der Waals surface area contributed by atoms with E-state index in [0.717, 1.165) is 60.0 Å². The molecule has 0 fully saturated rings. The van der Waals surface area contributed by atoms with Crippen molar-refractivity contribution in [3.63, 3.8) is 0 Å². The van der Waals surface area contributed by atoms with Crippen molar-refractivity contribution in [1.82, 2.24) is 24.6 Å². The van der Waals surface area contributed by atoms with Crippen LogP contribution in [0.1, 0.15) is 43.7 Å². The van der Waals surface area contributed by atoms with Gasteiger partial charge in [-0.25, -0.2) is 4.98 Å². The molecule has 0 unspecified atom stereocenters. The highest BCUT2D eigenvalue weighted by atomic mass is 32.1. The van der Waals surface area contributed by atoms with Crippen LogP contribution in [0.25, 0.3) is 21.6 Å². The summed E-state index contributed by atoms with van der Waals surface area (Å²) in [5.74, 6) is 0.465. The zero-order valence-electron chi connectivity index (χ0n) is 19.0. The molecule has 0 saturated heterocycles. The second-order valence-corrected chi connectivity index (χ2v) is 9.06. The molecule has 6 nitrogen and oxygen atoms in total. The van der Waals surface area contributed by atoms with Crippen LogP contribution in [0.3, 0.4) is 0 Å². The molecule has 3 aromatic heterocycles. The van der Waals surface area contributed by atoms with Crippen LogP contribution in [0.5, 0.6) is 0 Å². The molecule has 3 rings (SSSR count). The van der Waals surface area contributed by atoms with Crippen LogP contribution < -0.4 is 0 Å². The Morgan fingerprint density at radius 3 is 2.57 bits per heavy atom. The smallest absolute Gasteiger partial charge is 0.254 e. The van der Waals surface area contributed by atoms with Gasteiger partial charge in [-0.1, -0.05) is 33.8 Å². The van der Waals surface area contributed by atoms with E-state index in [-0.39, 0.29) is 5.91 Å². The third-order valence-corrected chi connectivity index (χ3v) is 6.32. The number of carbonyl (C=O) groups excluding carboxylic acids is 1. The fraction of sp³-hybridized carbons (Fsp3) is 0.522. The molecule has 0 radical (unpaired) electrons. The minimum Gasteiger partial charge on any atom is -0.337 e. The fourth-order valence-corrected chi connectivity index (χ4v) is 4.54. The highest BCUT2D eigenvalue weighted by Crippen LogP contribution is 2.30. The predicted octanol–water partition coefficient (Wildman–Crippen LogP) is 4.45. The molecule has 3 heterocycles. The molecule has 3 aromatic rings. The molecule has 0 aromatic carbocycles. The molecule has 1 amide bonds. The maximum atomic E-state index is 13.8. The number of pyridine rings is 1. The Bertz CT molecular complexity index is 989. The summed E-state index contributed by atoms with van der Waals surface area (Å²) in [6.45, 7) is 14.9. The van der Waals surface area contributed by atoms with E-state index in [4.69, 9.17) is 4.98 Å². The normalized spacial score (nSPS) is 11.7. The van der Waals surface area contributed by atoms with Gasteiger partial charge in [0.2, 0.25) is 0 Å². The quantitative estimate of drug-likeness (QED) is 0.506. The summed E-state index contributed by atoms with van der Waals surface area (Å²) >= 11 is 1.63. The standard InChI is InChI=1S/C23H33N5OS/c1-7-27(8-2)11-12-28(15-16(3)4)23(29)18-14-19(20-10-9-13-30-20)24-22-21(18)17(5)25-26(22)6/h9-10,13-14,16H,7-8,11-12,15H2,1-6H3. The second-order valence-electron chi connectivity index (χ2n) is 8.11. The summed E-state index contributed by atoms with van der Waals surface area (Å²) in [4.78, 5) is 24.1. The van der Waals surface area contributed by atoms with Gasteiger partial charge in [0, 0.05) is 26.7 Å². The Hall–Kier alpha value is -2.25. The Morgan fingerprint density at radius 2 is 1.97 bits per heavy atom. The molecule has 0 aliphatic heterocycles. The average molecular weight is 428 g/mol. The number of amides is 1. The number of carbonyl (C=O) groups is 1. The van der Waals surface area contributed by atoms with Crippen LogP contribution in [0.4, 0.5) is 0 Å². The van der Waals surface area contributed by atoms with Crippen molar-refractivity contribution >= 4 is 28.3 Å². The molecule has 7 heteroatoms. The van der Waals surface area contributed by atoms with Gasteiger partial charge in [-0.2, -0.15) is 5.10 Å². The van der Waals surface area contributed by atoms with Crippen molar-refractivity contribution in [2.75, 3.05) is 32.7 Å². The van der Waals surface area contributed by atoms with Crippen molar-refractivity contribution in [2.45, 2.75) is 34.6 Å². The van der Waals surface area contributed by atoms with E-state index in [1.807, 2.05) is 42.5 Å². The summed E-state index contributed by atoms with van der Waals surface area (Å²) < 4.78 is 1.78. The molecule has 0 bridgehead atoms. The van der Waals surface area contributed by atoms with Crippen LogP contribution in [-0.4, -0.2) is 63.2 Å². The number of hydrogen-bond donors (Lipinski definition) is 0. The second kappa shape index (κ2) is 9.71. The molecule has 162 valence electrons. The van der Waals surface area contributed by atoms with E-state index in [2.05, 4.69) is 37.7 Å². The summed E-state index contributed by atoms with van der Waals surface area (Å²) in [6.07, 6.45) is 0. The number of hydrogen-bond acceptors (Lipinski definition) is 5. The molecule has 0 N–H and O–H groups in total. The molecule has 0 saturated carbocycles. The van der Waals surface area contributed by atoms with Crippen molar-refractivity contribution < 1.29 is 4.79 Å². The number of nitrogens with zero attached hydrogens (tertiary/aromatic N) is 5. The van der Waals surface area contributed by atoms with E-state index in [0.29, 0.717) is 11.5 Å². The third kappa shape index (κ3) is 4.73. The van der Waals surface area contributed by atoms with Crippen LogP contribution in [-0.2, 0) is 7.05 Å². The average Bonchev–Trinajstić information content (AvgIpc) is 3.35. The van der Waals surface area contributed by atoms with Crippen molar-refractivity contribution in [1.29, 1.82) is 0 Å². The lowest BCUT2D eigenvalue weighted by Gasteiger charge is -2.28. The maximum absolute atomic E-state index is 13.8. The molecule has 0 aliphatic rings. The highest BCUT2D eigenvalue weighted by molar-refractivity contribution is 7.13. The van der Waals surface area contributed by atoms with Crippen LogP contribution >= 0.6 is 11.3 Å². The van der Waals surface area contributed by atoms with Gasteiger partial charge in [-0.3, -0.25) is 9.48 Å². The van der Waals surface area contributed by atoms with E-state index in [9.17, 15) is 4.79 Å². The topological polar surface area (TPSA) is 54.3 Å². The van der Waals surface area contributed by atoms with Gasteiger partial charge in [-0.15, -0.1) is 11.3 Å². The highest BCUT2D eigenvalue weighted by Gasteiger charge is 2.24. The van der Waals surface area contributed by atoms with Crippen molar-refractivity contribution in [3.8, 4) is 10.6 Å². The molecule has 0 atom stereocenters. The van der Waals surface area contributed by atoms with Gasteiger partial charge in [-0.05, 0) is 43.4 Å². The van der Waals surface area contributed by atoms with Crippen LogP contribution in [0.15, 0.2) is 23.6 Å². The van der Waals surface area contributed by atoms with Gasteiger partial charge < -0.3 is 9.80 Å². The molecule has 30 heavy (non-hydrogen) atoms. The SMILES string of the molecule is CCN(CC)CCN(CC(C)C)C(=O)c1cc(-c2cccs2)nc2c1c(C)nn2C. The zero-order valence-corrected chi connectivity index (χ0v) is 19.8. The molecule has 0 aliphatic carbocycles. The van der Waals surface area contributed by atoms with E-state index in [1.165, 1.54) is 0 Å². The summed E-state index contributed by atoms with van der Waals surface area (Å²) in [6, 6.07) is 6.01. The first kappa shape index (κ1) is 22.4. The Balaban J connectivity index is 2.06. The number of rotatable bonds is 9. The lowest BCUT2D eigenvalue weighted by Crippen LogP contribution is -2.40. The summed E-state index contributed by atoms with van der Waals surface area (Å²) in [5.41, 5.74) is 3.13. The zero-order chi connectivity index (χ0) is 21.8. The van der Waals surface area contributed by atoms with Crippen molar-refractivity contribution in [3.05, 3.63) is 34.8 Å². The van der Waals surface area contributed by atoms with E-state index in [1.54, 1.807) is 16.0 Å². The van der Waals surface area contributed by atoms with E-state index < -0.39 is 0 Å². The monoisotopic (exact) mass is 427 g/mol. The van der Waals surface area contributed by atoms with Gasteiger partial charge in [0.1, 0.15) is 0 Å². The lowest BCUT2D eigenvalue weighted by molar-refractivity contribution is 0.0718. The van der Waals surface area contributed by atoms with Gasteiger partial charge in [0.25, 0.3) is 5.91 Å². The Labute approximate surface area is 183 Å². The fourth-order valence-electron chi connectivity index (χ4n) is 3.85. The number of fused-ring (bicyclic) bond motifs is 1. The van der Waals surface area contributed by atoms with E-state index >= 15 is 0 Å². The molecular formula is C23H33N5OS. The summed E-state index contributed by atoms with van der Waals surface area (Å²) in [7, 11) is 1.89. The first-order valence-corrected chi connectivity index (χ1v) is 11.6. The minimum atomic E-state index is 0.0668. The van der Waals surface area contributed by atoms with Gasteiger partial charge in [0.15, 0.2) is 5.65 Å². The number of aryl methyl sites for hydroxylation is 2. The minimum absolute atomic E-state index is 0.0668. The van der Waals surface area contributed by atoms with Gasteiger partial charge in [0.05, 0.1) is 27.2 Å². The molecule has 0 spiro atoms. The van der Waals surface area contributed by atoms with Crippen molar-refractivity contribution in [2.24, 2.45) is 13.0 Å². The van der Waals surface area contributed by atoms with Crippen LogP contribution in [0.2, 0.25) is 0 Å². The predicted molar refractivity (Wildman–Crippen MR) is 125 cm³/mol. The first-order valence-electron chi connectivity index (χ1n) is 10.8. The summed E-state index contributed by atoms with van der Waals surface area (Å²) in [5, 5.41) is 7.45. The third-order valence-electron chi connectivity index (χ3n) is 5.43. The number of aromatic nitrogens is 3. The lowest BCUT2D eigenvalue weighted by atomic mass is 10.1.